The maximum atomic E-state index is 13.4. The highest BCUT2D eigenvalue weighted by Gasteiger charge is 2.41. The molecule has 4 rings (SSSR count). The van der Waals surface area contributed by atoms with Gasteiger partial charge in [0.15, 0.2) is 0 Å². The molecule has 3 saturated heterocycles. The number of hydrogen-bond acceptors (Lipinski definition) is 5. The van der Waals surface area contributed by atoms with Crippen LogP contribution in [0.15, 0.2) is 30.3 Å². The smallest absolute Gasteiger partial charge is 0.243 e. The quantitative estimate of drug-likeness (QED) is 0.515. The summed E-state index contributed by atoms with van der Waals surface area (Å²) in [6, 6.07) is 7.61. The van der Waals surface area contributed by atoms with Gasteiger partial charge in [0.1, 0.15) is 17.9 Å². The summed E-state index contributed by atoms with van der Waals surface area (Å²) in [6.45, 7) is 0.507. The van der Waals surface area contributed by atoms with Crippen LogP contribution in [-0.2, 0) is 30.2 Å². The summed E-state index contributed by atoms with van der Waals surface area (Å²) >= 11 is 0. The monoisotopic (exact) mass is 490 g/mol. The van der Waals surface area contributed by atoms with Gasteiger partial charge >= 0.3 is 0 Å². The third-order valence-corrected chi connectivity index (χ3v) is 9.03. The van der Waals surface area contributed by atoms with Gasteiger partial charge < -0.3 is 25.3 Å². The van der Waals surface area contributed by atoms with E-state index in [-0.39, 0.29) is 37.4 Å². The van der Waals surface area contributed by atoms with Crippen LogP contribution in [0.5, 0.6) is 0 Å². The van der Waals surface area contributed by atoms with Crippen LogP contribution in [0.2, 0.25) is 0 Å². The maximum absolute atomic E-state index is 13.4. The third-order valence-electron chi connectivity index (χ3n) is 6.88. The predicted molar refractivity (Wildman–Crippen MR) is 124 cm³/mol. The van der Waals surface area contributed by atoms with Gasteiger partial charge in [-0.3, -0.25) is 23.7 Å². The van der Waals surface area contributed by atoms with Crippen molar-refractivity contribution in [3.05, 3.63) is 35.9 Å². The largest absolute Gasteiger partial charge is 0.345 e. The minimum absolute atomic E-state index is 0.127. The normalized spacial score (nSPS) is 31.3. The Morgan fingerprint density at radius 3 is 2.21 bits per heavy atom. The molecule has 34 heavy (non-hydrogen) atoms. The molecule has 10 nitrogen and oxygen atoms in total. The van der Waals surface area contributed by atoms with E-state index in [1.807, 2.05) is 30.3 Å². The average Bonchev–Trinajstić information content (AvgIpc) is 3.51. The number of rotatable bonds is 2. The number of hydrogen-bond donors (Lipinski definition) is 3. The lowest BCUT2D eigenvalue weighted by Crippen LogP contribution is -2.52. The fourth-order valence-electron chi connectivity index (χ4n) is 5.01. The molecule has 0 bridgehead atoms. The minimum atomic E-state index is -4.01. The van der Waals surface area contributed by atoms with E-state index >= 15 is 0 Å². The van der Waals surface area contributed by atoms with E-state index in [0.29, 0.717) is 38.8 Å². The van der Waals surface area contributed by atoms with Crippen molar-refractivity contribution >= 4 is 31.0 Å². The van der Waals surface area contributed by atoms with Gasteiger partial charge in [-0.15, -0.1) is 0 Å². The van der Waals surface area contributed by atoms with Crippen LogP contribution in [0.1, 0.15) is 37.7 Å². The van der Waals surface area contributed by atoms with Gasteiger partial charge in [0.2, 0.25) is 31.0 Å². The van der Waals surface area contributed by atoms with Crippen LogP contribution in [-0.4, -0.2) is 82.0 Å². The molecule has 3 aliphatic rings. The van der Waals surface area contributed by atoms with E-state index in [1.54, 1.807) is 0 Å². The second kappa shape index (κ2) is 10.3. The lowest BCUT2D eigenvalue weighted by Gasteiger charge is -2.29. The second-order valence-electron chi connectivity index (χ2n) is 9.15. The van der Waals surface area contributed by atoms with E-state index in [1.165, 1.54) is 9.80 Å². The van der Waals surface area contributed by atoms with E-state index in [2.05, 4.69) is 10.6 Å². The molecule has 3 aliphatic heterocycles. The number of amides is 4. The molecule has 3 N–H and O–H groups in total. The van der Waals surface area contributed by atoms with E-state index < -0.39 is 37.0 Å². The first-order valence-corrected chi connectivity index (χ1v) is 13.7. The fourth-order valence-corrected chi connectivity index (χ4v) is 6.65. The predicted octanol–water partition coefficient (Wildman–Crippen LogP) is 0.444. The van der Waals surface area contributed by atoms with Crippen LogP contribution in [0, 0.1) is 0 Å². The van der Waals surface area contributed by atoms with E-state index in [4.69, 9.17) is 0 Å². The summed E-state index contributed by atoms with van der Waals surface area (Å²) in [6.07, 6.45) is 1.81. The summed E-state index contributed by atoms with van der Waals surface area (Å²) in [7, 11) is -4.01. The highest BCUT2D eigenvalue weighted by Crippen LogP contribution is 2.47. The molecule has 4 amide bonds. The highest BCUT2D eigenvalue weighted by molar-refractivity contribution is 7.58. The maximum Gasteiger partial charge on any atom is 0.243 e. The molecule has 184 valence electrons. The van der Waals surface area contributed by atoms with Crippen molar-refractivity contribution in [2.45, 2.75) is 56.4 Å². The first-order valence-electron chi connectivity index (χ1n) is 11.8. The zero-order valence-corrected chi connectivity index (χ0v) is 19.9. The Kier molecular flexibility index (Phi) is 7.38. The summed E-state index contributed by atoms with van der Waals surface area (Å²) in [5.74, 6) is -2.76. The van der Waals surface area contributed by atoms with Crippen molar-refractivity contribution in [3.8, 4) is 0 Å². The third kappa shape index (κ3) is 5.33. The van der Waals surface area contributed by atoms with Crippen LogP contribution < -0.4 is 10.6 Å². The molecule has 1 unspecified atom stereocenters. The Morgan fingerprint density at radius 1 is 0.912 bits per heavy atom. The van der Waals surface area contributed by atoms with Crippen molar-refractivity contribution in [3.63, 3.8) is 0 Å². The van der Waals surface area contributed by atoms with Gasteiger partial charge in [0.05, 0.1) is 6.54 Å². The molecular formula is C23H31N4O6P. The lowest BCUT2D eigenvalue weighted by molar-refractivity contribution is -0.140. The van der Waals surface area contributed by atoms with Crippen LogP contribution >= 0.6 is 7.37 Å². The van der Waals surface area contributed by atoms with Crippen molar-refractivity contribution in [2.24, 2.45) is 0 Å². The van der Waals surface area contributed by atoms with E-state index in [9.17, 15) is 28.6 Å². The Balaban J connectivity index is 1.63. The number of carbonyl (C=O) groups excluding carboxylic acids is 4. The number of fused-ring (bicyclic) bond motifs is 2. The lowest BCUT2D eigenvalue weighted by atomic mass is 10.1. The van der Waals surface area contributed by atoms with Gasteiger partial charge in [-0.2, -0.15) is 0 Å². The number of nitrogens with zero attached hydrogens (tertiary/aromatic N) is 2. The van der Waals surface area contributed by atoms with Gasteiger partial charge in [0.25, 0.3) is 0 Å². The van der Waals surface area contributed by atoms with Crippen molar-refractivity contribution in [1.82, 2.24) is 20.4 Å². The second-order valence-corrected chi connectivity index (χ2v) is 11.7. The molecule has 0 saturated carbocycles. The molecule has 1 aromatic carbocycles. The first kappa shape index (κ1) is 24.4. The summed E-state index contributed by atoms with van der Waals surface area (Å²) < 4.78 is 13.4. The molecule has 0 aliphatic carbocycles. The van der Waals surface area contributed by atoms with Gasteiger partial charge in [0, 0.05) is 32.1 Å². The fraction of sp³-hybridized carbons (Fsp3) is 0.565. The highest BCUT2D eigenvalue weighted by atomic mass is 31.2. The minimum Gasteiger partial charge on any atom is -0.345 e. The number of nitrogens with one attached hydrogen (secondary N) is 2. The Labute approximate surface area is 198 Å². The molecular weight excluding hydrogens is 459 g/mol. The zero-order chi connectivity index (χ0) is 24.3. The van der Waals surface area contributed by atoms with Gasteiger partial charge in [-0.1, -0.05) is 30.3 Å². The van der Waals surface area contributed by atoms with Crippen LogP contribution in [0.3, 0.4) is 0 Å². The molecule has 0 radical (unpaired) electrons. The Hall–Kier alpha value is -2.71. The van der Waals surface area contributed by atoms with Crippen LogP contribution in [0.4, 0.5) is 0 Å². The molecule has 4 atom stereocenters. The summed E-state index contributed by atoms with van der Waals surface area (Å²) in [5.41, 5.74) is 0.778. The van der Waals surface area contributed by atoms with Crippen molar-refractivity contribution in [2.75, 3.05) is 25.8 Å². The topological polar surface area (TPSA) is 136 Å². The number of benzene rings is 1. The average molecular weight is 490 g/mol. The molecule has 0 aromatic heterocycles. The number of carbonyl (C=O) groups is 4. The Bertz CT molecular complexity index is 1000. The SMILES string of the molecule is O=C1NCC(=O)N2CCC[C@H]2C(=O)N[C@@H](Cc2ccccc2)P(=O)(O)CCC(=O)N2CCC[C@@H]12. The van der Waals surface area contributed by atoms with Gasteiger partial charge in [-0.25, -0.2) is 0 Å². The summed E-state index contributed by atoms with van der Waals surface area (Å²) in [4.78, 5) is 65.4. The van der Waals surface area contributed by atoms with Crippen molar-refractivity contribution in [1.29, 1.82) is 0 Å². The molecule has 3 fully saturated rings. The molecule has 0 spiro atoms. The van der Waals surface area contributed by atoms with Crippen LogP contribution in [0.25, 0.3) is 0 Å². The molecule has 11 heteroatoms. The van der Waals surface area contributed by atoms with Gasteiger partial charge in [-0.05, 0) is 31.2 Å². The van der Waals surface area contributed by atoms with E-state index in [0.717, 1.165) is 5.56 Å². The summed E-state index contributed by atoms with van der Waals surface area (Å²) in [5, 5.41) is 5.35. The Morgan fingerprint density at radius 2 is 1.53 bits per heavy atom. The molecule has 3 heterocycles. The first-order chi connectivity index (χ1) is 16.3. The van der Waals surface area contributed by atoms with Crippen molar-refractivity contribution < 1.29 is 28.6 Å². The molecule has 1 aromatic rings. The zero-order valence-electron chi connectivity index (χ0n) is 19.0. The standard InChI is InChI=1S/C23H31N4O6P/c28-20-10-13-34(32,33)19(14-16-6-2-1-3-7-16)25-23(31)18-9-5-12-27(18)21(29)15-24-22(30)17-8-4-11-26(17)20/h1-3,6-7,17-19H,4-5,8-15H2,(H,24,30)(H,25,31)(H,32,33)/t17-,18-,19+/m0/s1.